The number of thiophene rings is 1. The number of carbonyl (C=O) groups is 1. The molecule has 1 aromatic heterocycles. The molecular weight excluding hydrogens is 272 g/mol. The van der Waals surface area contributed by atoms with Gasteiger partial charge in [-0.2, -0.15) is 0 Å². The highest BCUT2D eigenvalue weighted by molar-refractivity contribution is 7.21. The number of carboxylic acids is 1. The monoisotopic (exact) mass is 290 g/mol. The molecule has 3 nitrogen and oxygen atoms in total. The van der Waals surface area contributed by atoms with Crippen LogP contribution in [0.4, 0.5) is 0 Å². The van der Waals surface area contributed by atoms with Crippen molar-refractivity contribution >= 4 is 27.4 Å². The topological polar surface area (TPSA) is 46.5 Å². The molecule has 0 spiro atoms. The quantitative estimate of drug-likeness (QED) is 0.905. The van der Waals surface area contributed by atoms with Crippen LogP contribution in [0.3, 0.4) is 0 Å². The highest BCUT2D eigenvalue weighted by Gasteiger charge is 2.20. The predicted octanol–water partition coefficient (Wildman–Crippen LogP) is 4.45. The van der Waals surface area contributed by atoms with E-state index in [9.17, 15) is 9.90 Å². The first kappa shape index (κ1) is 13.6. The highest BCUT2D eigenvalue weighted by atomic mass is 32.1. The predicted molar refractivity (Wildman–Crippen MR) is 80.4 cm³/mol. The van der Waals surface area contributed by atoms with Crippen molar-refractivity contribution < 1.29 is 14.6 Å². The van der Waals surface area contributed by atoms with Crippen molar-refractivity contribution in [3.8, 4) is 0 Å². The number of rotatable bonds is 4. The van der Waals surface area contributed by atoms with Gasteiger partial charge in [0.25, 0.3) is 0 Å². The van der Waals surface area contributed by atoms with Crippen molar-refractivity contribution in [2.45, 2.75) is 44.8 Å². The molecule has 2 aromatic rings. The van der Waals surface area contributed by atoms with Crippen LogP contribution in [-0.2, 0) is 11.3 Å². The minimum atomic E-state index is -0.853. The maximum absolute atomic E-state index is 11.4. The third-order valence-electron chi connectivity index (χ3n) is 3.91. The largest absolute Gasteiger partial charge is 0.477 e. The molecule has 1 fully saturated rings. The summed E-state index contributed by atoms with van der Waals surface area (Å²) in [5.41, 5.74) is 0.837. The van der Waals surface area contributed by atoms with Gasteiger partial charge in [-0.15, -0.1) is 11.3 Å². The first-order valence-electron chi connectivity index (χ1n) is 7.11. The van der Waals surface area contributed by atoms with Crippen LogP contribution in [0.25, 0.3) is 10.1 Å². The lowest BCUT2D eigenvalue weighted by molar-refractivity contribution is 0.0169. The van der Waals surface area contributed by atoms with Crippen molar-refractivity contribution in [1.29, 1.82) is 0 Å². The fourth-order valence-electron chi connectivity index (χ4n) is 2.85. The van der Waals surface area contributed by atoms with E-state index in [4.69, 9.17) is 4.74 Å². The van der Waals surface area contributed by atoms with Crippen LogP contribution in [0.5, 0.6) is 0 Å². The van der Waals surface area contributed by atoms with Crippen molar-refractivity contribution in [3.05, 3.63) is 34.7 Å². The number of hydrogen-bond donors (Lipinski definition) is 1. The van der Waals surface area contributed by atoms with Gasteiger partial charge in [-0.05, 0) is 24.3 Å². The van der Waals surface area contributed by atoms with Gasteiger partial charge in [-0.3, -0.25) is 0 Å². The zero-order valence-electron chi connectivity index (χ0n) is 11.3. The second-order valence-electron chi connectivity index (χ2n) is 5.28. The van der Waals surface area contributed by atoms with Crippen LogP contribution in [0, 0.1) is 0 Å². The number of aromatic carboxylic acids is 1. The van der Waals surface area contributed by atoms with E-state index >= 15 is 0 Å². The molecule has 0 radical (unpaired) electrons. The molecule has 1 heterocycles. The lowest BCUT2D eigenvalue weighted by Crippen LogP contribution is -2.16. The first-order valence-corrected chi connectivity index (χ1v) is 7.92. The van der Waals surface area contributed by atoms with E-state index in [1.54, 1.807) is 0 Å². The minimum absolute atomic E-state index is 0.295. The average Bonchev–Trinajstić information content (AvgIpc) is 2.85. The van der Waals surface area contributed by atoms with Crippen LogP contribution in [0.15, 0.2) is 24.3 Å². The molecule has 0 bridgehead atoms. The first-order chi connectivity index (χ1) is 9.75. The molecule has 0 aliphatic heterocycles. The molecule has 0 amide bonds. The summed E-state index contributed by atoms with van der Waals surface area (Å²) < 4.78 is 6.99. The number of ether oxygens (including phenoxy) is 1. The molecule has 0 atom stereocenters. The highest BCUT2D eigenvalue weighted by Crippen LogP contribution is 2.32. The Bertz CT molecular complexity index is 611. The molecule has 0 saturated heterocycles. The second-order valence-corrected chi connectivity index (χ2v) is 6.33. The summed E-state index contributed by atoms with van der Waals surface area (Å²) in [7, 11) is 0. The van der Waals surface area contributed by atoms with Crippen LogP contribution in [0.1, 0.15) is 47.3 Å². The molecule has 1 aliphatic rings. The molecule has 3 rings (SSSR count). The van der Waals surface area contributed by atoms with Crippen molar-refractivity contribution in [2.24, 2.45) is 0 Å². The SMILES string of the molecule is O=C(O)c1sc2ccccc2c1COC1CCCCC1. The van der Waals surface area contributed by atoms with Crippen LogP contribution in [-0.4, -0.2) is 17.2 Å². The maximum Gasteiger partial charge on any atom is 0.346 e. The fraction of sp³-hybridized carbons (Fsp3) is 0.438. The molecule has 1 N–H and O–H groups in total. The lowest BCUT2D eigenvalue weighted by Gasteiger charge is -2.22. The van der Waals surface area contributed by atoms with Gasteiger partial charge >= 0.3 is 5.97 Å². The van der Waals surface area contributed by atoms with Gasteiger partial charge in [-0.1, -0.05) is 37.5 Å². The smallest absolute Gasteiger partial charge is 0.346 e. The Morgan fingerprint density at radius 1 is 1.25 bits per heavy atom. The molecule has 4 heteroatoms. The summed E-state index contributed by atoms with van der Waals surface area (Å²) in [5, 5.41) is 10.4. The van der Waals surface area contributed by atoms with Gasteiger partial charge in [0.2, 0.25) is 0 Å². The molecule has 20 heavy (non-hydrogen) atoms. The number of benzene rings is 1. The summed E-state index contributed by atoms with van der Waals surface area (Å²) in [5.74, 6) is -0.853. The Morgan fingerprint density at radius 3 is 2.75 bits per heavy atom. The van der Waals surface area contributed by atoms with Gasteiger partial charge in [0.15, 0.2) is 0 Å². The normalized spacial score (nSPS) is 16.6. The molecule has 1 aliphatic carbocycles. The zero-order chi connectivity index (χ0) is 13.9. The lowest BCUT2D eigenvalue weighted by atomic mass is 9.98. The van der Waals surface area contributed by atoms with E-state index in [0.717, 1.165) is 28.5 Å². The third-order valence-corrected chi connectivity index (χ3v) is 5.11. The molecule has 1 saturated carbocycles. The number of carboxylic acid groups (broad SMARTS) is 1. The summed E-state index contributed by atoms with van der Waals surface area (Å²) in [6.07, 6.45) is 6.24. The standard InChI is InChI=1S/C16H18O3S/c17-16(18)15-13(10-19-11-6-2-1-3-7-11)12-8-4-5-9-14(12)20-15/h4-5,8-9,11H,1-3,6-7,10H2,(H,17,18). The molecule has 0 unspecified atom stereocenters. The average molecular weight is 290 g/mol. The van der Waals surface area contributed by atoms with Gasteiger partial charge in [-0.25, -0.2) is 4.79 Å². The summed E-state index contributed by atoms with van der Waals surface area (Å²) in [6, 6.07) is 7.84. The summed E-state index contributed by atoms with van der Waals surface area (Å²) in [6.45, 7) is 0.413. The minimum Gasteiger partial charge on any atom is -0.477 e. The zero-order valence-corrected chi connectivity index (χ0v) is 12.1. The van der Waals surface area contributed by atoms with Crippen LogP contribution in [0.2, 0.25) is 0 Å². The van der Waals surface area contributed by atoms with Crippen LogP contribution < -0.4 is 0 Å². The van der Waals surface area contributed by atoms with Gasteiger partial charge in [0.05, 0.1) is 12.7 Å². The Hall–Kier alpha value is -1.39. The second kappa shape index (κ2) is 5.94. The van der Waals surface area contributed by atoms with Crippen molar-refractivity contribution in [2.75, 3.05) is 0 Å². The van der Waals surface area contributed by atoms with Crippen molar-refractivity contribution in [3.63, 3.8) is 0 Å². The Kier molecular flexibility index (Phi) is 4.03. The number of fused-ring (bicyclic) bond motifs is 1. The maximum atomic E-state index is 11.4. The molecule has 1 aromatic carbocycles. The fourth-order valence-corrected chi connectivity index (χ4v) is 3.89. The Labute approximate surface area is 122 Å². The number of hydrogen-bond acceptors (Lipinski definition) is 3. The Balaban J connectivity index is 1.84. The van der Waals surface area contributed by atoms with E-state index in [0.29, 0.717) is 17.6 Å². The van der Waals surface area contributed by atoms with Gasteiger partial charge < -0.3 is 9.84 Å². The van der Waals surface area contributed by atoms with E-state index in [2.05, 4.69) is 0 Å². The summed E-state index contributed by atoms with van der Waals surface area (Å²) in [4.78, 5) is 11.8. The van der Waals surface area contributed by atoms with Gasteiger partial charge in [0.1, 0.15) is 4.88 Å². The van der Waals surface area contributed by atoms with Gasteiger partial charge in [0, 0.05) is 10.3 Å². The Morgan fingerprint density at radius 2 is 2.00 bits per heavy atom. The van der Waals surface area contributed by atoms with E-state index in [1.165, 1.54) is 30.6 Å². The molecule has 106 valence electrons. The van der Waals surface area contributed by atoms with Crippen LogP contribution >= 0.6 is 11.3 Å². The molecular formula is C16H18O3S. The van der Waals surface area contributed by atoms with E-state index < -0.39 is 5.97 Å². The van der Waals surface area contributed by atoms with E-state index in [-0.39, 0.29) is 0 Å². The van der Waals surface area contributed by atoms with Crippen molar-refractivity contribution in [1.82, 2.24) is 0 Å². The summed E-state index contributed by atoms with van der Waals surface area (Å²) >= 11 is 1.34. The van der Waals surface area contributed by atoms with E-state index in [1.807, 2.05) is 24.3 Å². The third kappa shape index (κ3) is 2.72.